The molecule has 1 aliphatic heterocycles. The molecule has 12 heteroatoms. The van der Waals surface area contributed by atoms with Crippen LogP contribution in [-0.2, 0) is 34.3 Å². The van der Waals surface area contributed by atoms with E-state index in [1.165, 1.54) is 18.2 Å². The molecule has 1 atom stereocenters. The van der Waals surface area contributed by atoms with Crippen LogP contribution in [0.25, 0.3) is 11.0 Å². The molecular formula is C32H30F3N3O6. The van der Waals surface area contributed by atoms with Crippen molar-refractivity contribution in [3.8, 4) is 5.75 Å². The lowest BCUT2D eigenvalue weighted by Gasteiger charge is -2.23. The molecule has 1 fully saturated rings. The molecule has 0 spiro atoms. The van der Waals surface area contributed by atoms with Crippen LogP contribution >= 0.6 is 0 Å². The third kappa shape index (κ3) is 6.10. The second-order valence-electron chi connectivity index (χ2n) is 10.6. The van der Waals surface area contributed by atoms with Crippen molar-refractivity contribution in [2.24, 2.45) is 0 Å². The van der Waals surface area contributed by atoms with E-state index < -0.39 is 35.3 Å². The molecule has 1 aliphatic rings. The second kappa shape index (κ2) is 12.4. The molecule has 0 radical (unpaired) electrons. The van der Waals surface area contributed by atoms with Gasteiger partial charge in [0.2, 0.25) is 0 Å². The summed E-state index contributed by atoms with van der Waals surface area (Å²) >= 11 is 0. The third-order valence-electron chi connectivity index (χ3n) is 7.42. The van der Waals surface area contributed by atoms with Crippen molar-refractivity contribution in [2.75, 3.05) is 13.2 Å². The molecule has 2 heterocycles. The second-order valence-corrected chi connectivity index (χ2v) is 10.6. The van der Waals surface area contributed by atoms with Crippen molar-refractivity contribution in [3.63, 3.8) is 0 Å². The number of esters is 1. The van der Waals surface area contributed by atoms with Gasteiger partial charge in [0.15, 0.2) is 11.3 Å². The molecule has 1 N–H and O–H groups in total. The largest absolute Gasteiger partial charge is 0.493 e. The van der Waals surface area contributed by atoms with Gasteiger partial charge in [-0.1, -0.05) is 61.0 Å². The summed E-state index contributed by atoms with van der Waals surface area (Å²) in [7, 11) is 0. The average Bonchev–Trinajstić information content (AvgIpc) is 3.55. The molecular weight excluding hydrogens is 579 g/mol. The predicted molar refractivity (Wildman–Crippen MR) is 153 cm³/mol. The van der Waals surface area contributed by atoms with E-state index in [1.54, 1.807) is 25.1 Å². The van der Waals surface area contributed by atoms with Crippen LogP contribution in [0.15, 0.2) is 71.3 Å². The van der Waals surface area contributed by atoms with Gasteiger partial charge in [-0.05, 0) is 55.2 Å². The van der Waals surface area contributed by atoms with Gasteiger partial charge in [0, 0.05) is 12.1 Å². The molecule has 230 valence electrons. The number of hydrogen-bond donors (Lipinski definition) is 1. The van der Waals surface area contributed by atoms with E-state index in [1.807, 2.05) is 37.3 Å². The number of fused-ring (bicyclic) bond motifs is 1. The normalized spacial score (nSPS) is 16.8. The fourth-order valence-corrected chi connectivity index (χ4v) is 5.13. The van der Waals surface area contributed by atoms with Crippen molar-refractivity contribution < 1.29 is 41.6 Å². The molecule has 1 aromatic heterocycles. The van der Waals surface area contributed by atoms with Gasteiger partial charge in [0.25, 0.3) is 5.91 Å². The quantitative estimate of drug-likeness (QED) is 0.119. The van der Waals surface area contributed by atoms with E-state index in [0.717, 1.165) is 10.5 Å². The highest BCUT2D eigenvalue weighted by atomic mass is 19.4. The minimum absolute atomic E-state index is 0.0210. The highest BCUT2D eigenvalue weighted by Gasteiger charge is 2.49. The van der Waals surface area contributed by atoms with E-state index in [0.29, 0.717) is 29.7 Å². The molecule has 0 aliphatic carbocycles. The average molecular weight is 610 g/mol. The number of nitrogens with one attached hydrogen (secondary N) is 1. The summed E-state index contributed by atoms with van der Waals surface area (Å²) in [5, 5.41) is 5.81. The zero-order valence-corrected chi connectivity index (χ0v) is 24.1. The van der Waals surface area contributed by atoms with Crippen LogP contribution in [0.4, 0.5) is 18.0 Å². The van der Waals surface area contributed by atoms with Gasteiger partial charge in [-0.2, -0.15) is 13.2 Å². The fraction of sp³-hybridized carbons (Fsp3) is 0.312. The molecule has 44 heavy (non-hydrogen) atoms. The lowest BCUT2D eigenvalue weighted by atomic mass is 9.90. The standard InChI is InChI=1S/C32H30F3N3O6/c1-3-9-23-25(15-14-24-26(23)44-37-27(24)32(33,34)35)42-17-8-16-38-29(40)31(2,36-30(38)41)22-13-7-12-21(18-22)28(39)43-19-20-10-5-4-6-11-20/h4-7,10-15,18H,3,8-9,16-17,19H2,1-2H3,(H,36,41). The summed E-state index contributed by atoms with van der Waals surface area (Å²) in [6, 6.07) is 17.7. The number of imide groups is 1. The number of nitrogens with zero attached hydrogens (tertiary/aromatic N) is 2. The number of carbonyl (C=O) groups is 3. The van der Waals surface area contributed by atoms with Gasteiger partial charge in [-0.15, -0.1) is 0 Å². The third-order valence-corrected chi connectivity index (χ3v) is 7.42. The van der Waals surface area contributed by atoms with Crippen LogP contribution in [0.5, 0.6) is 5.75 Å². The highest BCUT2D eigenvalue weighted by Crippen LogP contribution is 2.38. The molecule has 9 nitrogen and oxygen atoms in total. The minimum atomic E-state index is -4.65. The number of halogens is 3. The van der Waals surface area contributed by atoms with Gasteiger partial charge in [-0.3, -0.25) is 9.69 Å². The van der Waals surface area contributed by atoms with E-state index in [2.05, 4.69) is 10.5 Å². The number of hydrogen-bond acceptors (Lipinski definition) is 7. The maximum atomic E-state index is 13.4. The van der Waals surface area contributed by atoms with Crippen molar-refractivity contribution in [3.05, 3.63) is 94.7 Å². The minimum Gasteiger partial charge on any atom is -0.493 e. The number of benzene rings is 3. The number of aryl methyl sites for hydroxylation is 1. The first-order valence-corrected chi connectivity index (χ1v) is 14.1. The topological polar surface area (TPSA) is 111 Å². The van der Waals surface area contributed by atoms with Crippen molar-refractivity contribution in [2.45, 2.75) is 51.4 Å². The maximum Gasteiger partial charge on any atom is 0.437 e. The first kappa shape index (κ1) is 30.6. The number of rotatable bonds is 11. The van der Waals surface area contributed by atoms with E-state index >= 15 is 0 Å². The number of ether oxygens (including phenoxy) is 2. The van der Waals surface area contributed by atoms with E-state index in [-0.39, 0.29) is 42.7 Å². The Morgan fingerprint density at radius 1 is 1.07 bits per heavy atom. The molecule has 0 saturated carbocycles. The van der Waals surface area contributed by atoms with Crippen LogP contribution < -0.4 is 10.1 Å². The molecule has 0 bridgehead atoms. The number of alkyl halides is 3. The Morgan fingerprint density at radius 3 is 2.57 bits per heavy atom. The van der Waals surface area contributed by atoms with Gasteiger partial charge in [0.1, 0.15) is 17.9 Å². The van der Waals surface area contributed by atoms with E-state index in [4.69, 9.17) is 14.0 Å². The van der Waals surface area contributed by atoms with Crippen molar-refractivity contribution >= 4 is 28.9 Å². The van der Waals surface area contributed by atoms with Crippen LogP contribution in [-0.4, -0.2) is 41.1 Å². The molecule has 3 aromatic carbocycles. The van der Waals surface area contributed by atoms with Gasteiger partial charge >= 0.3 is 18.2 Å². The molecule has 3 amide bonds. The summed E-state index contributed by atoms with van der Waals surface area (Å²) in [4.78, 5) is 40.0. The predicted octanol–water partition coefficient (Wildman–Crippen LogP) is 6.39. The Balaban J connectivity index is 1.22. The summed E-state index contributed by atoms with van der Waals surface area (Å²) in [6.07, 6.45) is -3.36. The highest BCUT2D eigenvalue weighted by molar-refractivity contribution is 6.07. The van der Waals surface area contributed by atoms with Gasteiger partial charge in [0.05, 0.1) is 17.6 Å². The Hall–Kier alpha value is -4.87. The molecule has 1 saturated heterocycles. The zero-order valence-electron chi connectivity index (χ0n) is 24.1. The van der Waals surface area contributed by atoms with E-state index in [9.17, 15) is 27.6 Å². The number of aromatic nitrogens is 1. The summed E-state index contributed by atoms with van der Waals surface area (Å²) in [5.41, 5.74) is -0.514. The van der Waals surface area contributed by atoms with Crippen LogP contribution in [0.2, 0.25) is 0 Å². The summed E-state index contributed by atoms with van der Waals surface area (Å²) in [5.74, 6) is -0.709. The van der Waals surface area contributed by atoms with Crippen LogP contribution in [0, 0.1) is 0 Å². The van der Waals surface area contributed by atoms with Crippen molar-refractivity contribution in [1.82, 2.24) is 15.4 Å². The fourth-order valence-electron chi connectivity index (χ4n) is 5.13. The molecule has 4 aromatic rings. The lowest BCUT2D eigenvalue weighted by molar-refractivity contribution is -0.141. The Labute approximate surface area is 250 Å². The number of carbonyl (C=O) groups excluding carboxylic acids is 3. The van der Waals surface area contributed by atoms with Gasteiger partial charge in [-0.25, -0.2) is 9.59 Å². The Morgan fingerprint density at radius 2 is 1.84 bits per heavy atom. The molecule has 5 rings (SSSR count). The monoisotopic (exact) mass is 609 g/mol. The first-order chi connectivity index (χ1) is 21.0. The Kier molecular flexibility index (Phi) is 8.61. The van der Waals surface area contributed by atoms with Crippen LogP contribution in [0.3, 0.4) is 0 Å². The van der Waals surface area contributed by atoms with Crippen LogP contribution in [0.1, 0.15) is 59.4 Å². The Bertz CT molecular complexity index is 1690. The summed E-state index contributed by atoms with van der Waals surface area (Å²) < 4.78 is 56.2. The lowest BCUT2D eigenvalue weighted by Crippen LogP contribution is -2.41. The molecule has 1 unspecified atom stereocenters. The summed E-state index contributed by atoms with van der Waals surface area (Å²) in [6.45, 7) is 3.65. The maximum absolute atomic E-state index is 13.4. The smallest absolute Gasteiger partial charge is 0.437 e. The van der Waals surface area contributed by atoms with Crippen molar-refractivity contribution in [1.29, 1.82) is 0 Å². The SMILES string of the molecule is CCCc1c(OCCCN2C(=O)NC(C)(c3cccc(C(=O)OCc4ccccc4)c3)C2=O)ccc2c(C(F)(F)F)noc12. The first-order valence-electron chi connectivity index (χ1n) is 14.1. The zero-order chi connectivity index (χ0) is 31.5. The van der Waals surface area contributed by atoms with Gasteiger partial charge < -0.3 is 19.3 Å². The number of urea groups is 1. The number of amides is 3.